The van der Waals surface area contributed by atoms with Gasteiger partial charge in [-0.25, -0.2) is 0 Å². The van der Waals surface area contributed by atoms with E-state index >= 15 is 0 Å². The van der Waals surface area contributed by atoms with Crippen molar-refractivity contribution in [2.45, 2.75) is 13.8 Å². The maximum Gasteiger partial charge on any atom is 0.155 e. The van der Waals surface area contributed by atoms with Crippen LogP contribution in [0.4, 0.5) is 5.82 Å². The van der Waals surface area contributed by atoms with Crippen molar-refractivity contribution in [3.8, 4) is 0 Å². The van der Waals surface area contributed by atoms with Gasteiger partial charge in [-0.2, -0.15) is 5.10 Å². The number of aryl methyl sites for hydroxylation is 2. The van der Waals surface area contributed by atoms with E-state index < -0.39 is 0 Å². The second-order valence-corrected chi connectivity index (χ2v) is 4.07. The average molecular weight is 193 g/mol. The van der Waals surface area contributed by atoms with E-state index in [1.165, 1.54) is 0 Å². The van der Waals surface area contributed by atoms with E-state index in [0.717, 1.165) is 42.4 Å². The van der Waals surface area contributed by atoms with Crippen LogP contribution in [0.25, 0.3) is 0 Å². The summed E-state index contributed by atoms with van der Waals surface area (Å²) in [4.78, 5) is 13.1. The fraction of sp³-hybridized carbons (Fsp3) is 0.600. The highest BCUT2D eigenvalue weighted by atomic mass is 16.1. The fourth-order valence-electron chi connectivity index (χ4n) is 2.05. The summed E-state index contributed by atoms with van der Waals surface area (Å²) in [5.41, 5.74) is 1.55. The lowest BCUT2D eigenvalue weighted by atomic mass is 10.0. The molecule has 1 aliphatic rings. The SMILES string of the molecule is Cc1nn(C)c(N2CC(C)C2)c1C=O. The van der Waals surface area contributed by atoms with Gasteiger partial charge in [0.05, 0.1) is 11.3 Å². The molecule has 0 amide bonds. The van der Waals surface area contributed by atoms with E-state index in [-0.39, 0.29) is 0 Å². The van der Waals surface area contributed by atoms with Crippen molar-refractivity contribution in [2.24, 2.45) is 13.0 Å². The number of carbonyl (C=O) groups excluding carboxylic acids is 1. The van der Waals surface area contributed by atoms with Crippen LogP contribution in [-0.4, -0.2) is 29.2 Å². The van der Waals surface area contributed by atoms with Crippen LogP contribution in [0.15, 0.2) is 0 Å². The number of hydrogen-bond donors (Lipinski definition) is 0. The van der Waals surface area contributed by atoms with Gasteiger partial charge in [0.15, 0.2) is 6.29 Å². The molecule has 4 nitrogen and oxygen atoms in total. The average Bonchev–Trinajstić information content (AvgIpc) is 2.35. The molecule has 0 saturated carbocycles. The van der Waals surface area contributed by atoms with E-state index in [2.05, 4.69) is 16.9 Å². The Bertz CT molecular complexity index is 364. The predicted octanol–water partition coefficient (Wildman–Crippen LogP) is 0.997. The van der Waals surface area contributed by atoms with Crippen LogP contribution in [0.5, 0.6) is 0 Å². The van der Waals surface area contributed by atoms with Gasteiger partial charge in [-0.3, -0.25) is 9.48 Å². The van der Waals surface area contributed by atoms with Gasteiger partial charge in [0.1, 0.15) is 5.82 Å². The Kier molecular flexibility index (Phi) is 2.06. The Hall–Kier alpha value is -1.32. The molecule has 2 heterocycles. The van der Waals surface area contributed by atoms with E-state index in [0.29, 0.717) is 0 Å². The minimum Gasteiger partial charge on any atom is -0.356 e. The molecule has 0 aromatic carbocycles. The van der Waals surface area contributed by atoms with E-state index in [9.17, 15) is 4.79 Å². The van der Waals surface area contributed by atoms with Gasteiger partial charge in [-0.05, 0) is 12.8 Å². The zero-order valence-corrected chi connectivity index (χ0v) is 8.82. The molecule has 4 heteroatoms. The summed E-state index contributed by atoms with van der Waals surface area (Å²) in [5, 5.41) is 4.25. The lowest BCUT2D eigenvalue weighted by molar-refractivity contribution is 0.112. The fourth-order valence-corrected chi connectivity index (χ4v) is 2.05. The molecule has 0 aliphatic carbocycles. The molecule has 1 fully saturated rings. The van der Waals surface area contributed by atoms with E-state index in [1.54, 1.807) is 4.68 Å². The van der Waals surface area contributed by atoms with Crippen molar-refractivity contribution in [2.75, 3.05) is 18.0 Å². The van der Waals surface area contributed by atoms with Crippen molar-refractivity contribution < 1.29 is 4.79 Å². The van der Waals surface area contributed by atoms with E-state index in [1.807, 2.05) is 14.0 Å². The van der Waals surface area contributed by atoms with Gasteiger partial charge < -0.3 is 4.90 Å². The highest BCUT2D eigenvalue weighted by molar-refractivity contribution is 5.85. The van der Waals surface area contributed by atoms with Crippen molar-refractivity contribution >= 4 is 12.1 Å². The first-order chi connectivity index (χ1) is 6.63. The van der Waals surface area contributed by atoms with Gasteiger partial charge in [0, 0.05) is 20.1 Å². The first-order valence-corrected chi connectivity index (χ1v) is 4.87. The molecule has 2 rings (SSSR count). The summed E-state index contributed by atoms with van der Waals surface area (Å²) in [6.07, 6.45) is 0.903. The lowest BCUT2D eigenvalue weighted by Crippen LogP contribution is -2.46. The number of aromatic nitrogens is 2. The van der Waals surface area contributed by atoms with Crippen LogP contribution in [-0.2, 0) is 7.05 Å². The van der Waals surface area contributed by atoms with Gasteiger partial charge in [0.2, 0.25) is 0 Å². The third-order valence-corrected chi connectivity index (χ3v) is 2.72. The van der Waals surface area contributed by atoms with Gasteiger partial charge in [-0.15, -0.1) is 0 Å². The number of aldehydes is 1. The molecule has 1 aromatic heterocycles. The van der Waals surface area contributed by atoms with Crippen LogP contribution >= 0.6 is 0 Å². The third-order valence-electron chi connectivity index (χ3n) is 2.72. The Morgan fingerprint density at radius 1 is 1.50 bits per heavy atom. The van der Waals surface area contributed by atoms with Gasteiger partial charge >= 0.3 is 0 Å². The predicted molar refractivity (Wildman–Crippen MR) is 54.7 cm³/mol. The summed E-state index contributed by atoms with van der Waals surface area (Å²) in [5.74, 6) is 1.69. The quantitative estimate of drug-likeness (QED) is 0.658. The number of anilines is 1. The molecule has 14 heavy (non-hydrogen) atoms. The van der Waals surface area contributed by atoms with Crippen LogP contribution in [0.2, 0.25) is 0 Å². The summed E-state index contributed by atoms with van der Waals surface area (Å²) in [6.45, 7) is 6.14. The van der Waals surface area contributed by atoms with Crippen molar-refractivity contribution in [1.82, 2.24) is 9.78 Å². The third kappa shape index (κ3) is 1.22. The van der Waals surface area contributed by atoms with Crippen LogP contribution in [0.1, 0.15) is 23.0 Å². The van der Waals surface area contributed by atoms with Gasteiger partial charge in [-0.1, -0.05) is 6.92 Å². The van der Waals surface area contributed by atoms with Crippen molar-refractivity contribution in [3.63, 3.8) is 0 Å². The Morgan fingerprint density at radius 3 is 2.64 bits per heavy atom. The number of hydrogen-bond acceptors (Lipinski definition) is 3. The first kappa shape index (κ1) is 9.24. The molecular formula is C10H15N3O. The van der Waals surface area contributed by atoms with Crippen LogP contribution < -0.4 is 4.90 Å². The highest BCUT2D eigenvalue weighted by Gasteiger charge is 2.28. The molecule has 76 valence electrons. The molecule has 0 N–H and O–H groups in total. The Labute approximate surface area is 83.5 Å². The highest BCUT2D eigenvalue weighted by Crippen LogP contribution is 2.27. The first-order valence-electron chi connectivity index (χ1n) is 4.87. The van der Waals surface area contributed by atoms with Crippen molar-refractivity contribution in [1.29, 1.82) is 0 Å². The molecule has 0 radical (unpaired) electrons. The van der Waals surface area contributed by atoms with Crippen LogP contribution in [0.3, 0.4) is 0 Å². The molecule has 1 aliphatic heterocycles. The Morgan fingerprint density at radius 2 is 2.14 bits per heavy atom. The molecule has 1 saturated heterocycles. The summed E-state index contributed by atoms with van der Waals surface area (Å²) in [7, 11) is 1.89. The Balaban J connectivity index is 2.36. The normalized spacial score (nSPS) is 16.9. The van der Waals surface area contributed by atoms with Crippen molar-refractivity contribution in [3.05, 3.63) is 11.3 Å². The molecule has 1 aromatic rings. The minimum absolute atomic E-state index is 0.727. The molecule has 0 atom stereocenters. The second kappa shape index (κ2) is 3.12. The summed E-state index contributed by atoms with van der Waals surface area (Å²) >= 11 is 0. The molecular weight excluding hydrogens is 178 g/mol. The standard InChI is InChI=1S/C10H15N3O/c1-7-4-13(5-7)10-9(6-14)8(2)11-12(10)3/h6-7H,4-5H2,1-3H3. The molecule has 0 bridgehead atoms. The maximum atomic E-state index is 10.9. The number of nitrogens with zero attached hydrogens (tertiary/aromatic N) is 3. The maximum absolute atomic E-state index is 10.9. The van der Waals surface area contributed by atoms with Gasteiger partial charge in [0.25, 0.3) is 0 Å². The molecule has 0 spiro atoms. The zero-order valence-electron chi connectivity index (χ0n) is 8.82. The monoisotopic (exact) mass is 193 g/mol. The summed E-state index contributed by atoms with van der Waals surface area (Å²) in [6, 6.07) is 0. The van der Waals surface area contributed by atoms with E-state index in [4.69, 9.17) is 0 Å². The number of carbonyl (C=O) groups is 1. The lowest BCUT2D eigenvalue weighted by Gasteiger charge is -2.39. The molecule has 0 unspecified atom stereocenters. The largest absolute Gasteiger partial charge is 0.356 e. The van der Waals surface area contributed by atoms with Crippen LogP contribution in [0, 0.1) is 12.8 Å². The smallest absolute Gasteiger partial charge is 0.155 e. The summed E-state index contributed by atoms with van der Waals surface area (Å²) < 4.78 is 1.80. The number of rotatable bonds is 2. The topological polar surface area (TPSA) is 38.1 Å². The minimum atomic E-state index is 0.727. The zero-order chi connectivity index (χ0) is 10.3. The second-order valence-electron chi connectivity index (χ2n) is 4.07.